The first-order chi connectivity index (χ1) is 13.0. The third kappa shape index (κ3) is 6.93. The van der Waals surface area contributed by atoms with E-state index in [4.69, 9.17) is 0 Å². The summed E-state index contributed by atoms with van der Waals surface area (Å²) in [7, 11) is 0. The van der Waals surface area contributed by atoms with Crippen molar-refractivity contribution in [3.05, 3.63) is 53.8 Å². The number of hydrogen-bond acceptors (Lipinski definition) is 1. The molecule has 1 unspecified atom stereocenters. The fourth-order valence-corrected chi connectivity index (χ4v) is 3.47. The van der Waals surface area contributed by atoms with Gasteiger partial charge in [-0.05, 0) is 48.1 Å². The van der Waals surface area contributed by atoms with Crippen LogP contribution in [0, 0.1) is 11.7 Å². The van der Waals surface area contributed by atoms with E-state index in [0.717, 1.165) is 18.4 Å². The molecule has 0 aliphatic heterocycles. The molecule has 0 radical (unpaired) electrons. The summed E-state index contributed by atoms with van der Waals surface area (Å²) in [6, 6.07) is 11.4. The Kier molecular flexibility index (Phi) is 8.70. The number of ether oxygens (including phenoxy) is 1. The van der Waals surface area contributed by atoms with E-state index in [1.165, 1.54) is 44.2 Å². The highest BCUT2D eigenvalue weighted by atomic mass is 19.3. The van der Waals surface area contributed by atoms with Gasteiger partial charge in [0.05, 0.1) is 0 Å². The Balaban J connectivity index is 2.02. The van der Waals surface area contributed by atoms with Gasteiger partial charge in [-0.2, -0.15) is 8.78 Å². The molecule has 1 atom stereocenters. The van der Waals surface area contributed by atoms with Gasteiger partial charge >= 0.3 is 6.61 Å². The molecule has 1 nitrogen and oxygen atoms in total. The smallest absolute Gasteiger partial charge is 0.387 e. The molecule has 4 heteroatoms. The normalized spacial score (nSPS) is 12.4. The van der Waals surface area contributed by atoms with Crippen molar-refractivity contribution < 1.29 is 17.9 Å². The molecule has 0 aliphatic rings. The van der Waals surface area contributed by atoms with E-state index >= 15 is 0 Å². The summed E-state index contributed by atoms with van der Waals surface area (Å²) in [5, 5.41) is 0. The van der Waals surface area contributed by atoms with Gasteiger partial charge in [-0.25, -0.2) is 4.39 Å². The Morgan fingerprint density at radius 1 is 0.889 bits per heavy atom. The zero-order chi connectivity index (χ0) is 19.6. The van der Waals surface area contributed by atoms with Crippen molar-refractivity contribution in [1.82, 2.24) is 0 Å². The van der Waals surface area contributed by atoms with Gasteiger partial charge in [0.2, 0.25) is 0 Å². The minimum absolute atomic E-state index is 0.0693. The van der Waals surface area contributed by atoms with Crippen molar-refractivity contribution in [3.63, 3.8) is 0 Å². The molecule has 0 spiro atoms. The predicted octanol–water partition coefficient (Wildman–Crippen LogP) is 7.63. The van der Waals surface area contributed by atoms with E-state index in [2.05, 4.69) is 18.6 Å². The highest BCUT2D eigenvalue weighted by Gasteiger charge is 2.11. The second-order valence-corrected chi connectivity index (χ2v) is 7.05. The van der Waals surface area contributed by atoms with Crippen molar-refractivity contribution in [3.8, 4) is 16.9 Å². The van der Waals surface area contributed by atoms with Gasteiger partial charge in [-0.15, -0.1) is 0 Å². The lowest BCUT2D eigenvalue weighted by atomic mass is 9.90. The Morgan fingerprint density at radius 2 is 1.63 bits per heavy atom. The number of rotatable bonds is 11. The molecule has 0 saturated carbocycles. The molecule has 148 valence electrons. The van der Waals surface area contributed by atoms with Gasteiger partial charge in [0.1, 0.15) is 11.6 Å². The van der Waals surface area contributed by atoms with Crippen LogP contribution in [0.25, 0.3) is 11.1 Å². The van der Waals surface area contributed by atoms with E-state index in [-0.39, 0.29) is 11.6 Å². The van der Waals surface area contributed by atoms with E-state index in [1.54, 1.807) is 24.3 Å². The molecule has 0 aliphatic carbocycles. The Hall–Kier alpha value is -1.97. The molecular weight excluding hydrogens is 349 g/mol. The average molecular weight is 378 g/mol. The molecule has 2 rings (SSSR count). The number of benzene rings is 2. The van der Waals surface area contributed by atoms with Crippen LogP contribution in [0.1, 0.15) is 57.9 Å². The van der Waals surface area contributed by atoms with Crippen molar-refractivity contribution in [2.45, 2.75) is 65.4 Å². The highest BCUT2D eigenvalue weighted by Crippen LogP contribution is 2.28. The van der Waals surface area contributed by atoms with E-state index in [0.29, 0.717) is 17.0 Å². The van der Waals surface area contributed by atoms with Crippen LogP contribution in [0.2, 0.25) is 0 Å². The summed E-state index contributed by atoms with van der Waals surface area (Å²) < 4.78 is 43.3. The fraction of sp³-hybridized carbons (Fsp3) is 0.478. The molecule has 0 N–H and O–H groups in total. The highest BCUT2D eigenvalue weighted by molar-refractivity contribution is 5.65. The fourth-order valence-electron chi connectivity index (χ4n) is 3.47. The monoisotopic (exact) mass is 378 g/mol. The third-order valence-corrected chi connectivity index (χ3v) is 4.93. The van der Waals surface area contributed by atoms with Gasteiger partial charge in [0, 0.05) is 5.56 Å². The van der Waals surface area contributed by atoms with Crippen LogP contribution in [-0.2, 0) is 6.42 Å². The standard InChI is InChI=1S/C23H29F3O/c1-3-5-7-17(6-4-2)8-9-18-10-15-21(22(24)16-18)19-11-13-20(14-12-19)27-23(25)26/h10-17,23H,3-9H2,1-2H3. The zero-order valence-corrected chi connectivity index (χ0v) is 16.2. The van der Waals surface area contributed by atoms with Crippen molar-refractivity contribution in [2.24, 2.45) is 5.92 Å². The van der Waals surface area contributed by atoms with Gasteiger partial charge in [-0.1, -0.05) is 70.2 Å². The van der Waals surface area contributed by atoms with Crippen LogP contribution in [0.15, 0.2) is 42.5 Å². The summed E-state index contributed by atoms with van der Waals surface area (Å²) in [5.74, 6) is 0.496. The van der Waals surface area contributed by atoms with Crippen LogP contribution in [-0.4, -0.2) is 6.61 Å². The molecule has 0 saturated heterocycles. The lowest BCUT2D eigenvalue weighted by Gasteiger charge is -2.16. The number of hydrogen-bond donors (Lipinski definition) is 0. The maximum absolute atomic E-state index is 14.6. The quantitative estimate of drug-likeness (QED) is 0.390. The van der Waals surface area contributed by atoms with Gasteiger partial charge < -0.3 is 4.74 Å². The molecule has 0 aromatic heterocycles. The van der Waals surface area contributed by atoms with Crippen molar-refractivity contribution in [1.29, 1.82) is 0 Å². The maximum Gasteiger partial charge on any atom is 0.387 e. The minimum atomic E-state index is -2.86. The summed E-state index contributed by atoms with van der Waals surface area (Å²) in [6.07, 6.45) is 8.10. The second-order valence-electron chi connectivity index (χ2n) is 7.05. The third-order valence-electron chi connectivity index (χ3n) is 4.93. The first kappa shape index (κ1) is 21.3. The number of aryl methyl sites for hydroxylation is 1. The first-order valence-corrected chi connectivity index (χ1v) is 9.87. The van der Waals surface area contributed by atoms with Crippen molar-refractivity contribution >= 4 is 0 Å². The Morgan fingerprint density at radius 3 is 2.22 bits per heavy atom. The van der Waals surface area contributed by atoms with Crippen LogP contribution in [0.4, 0.5) is 13.2 Å². The Bertz CT molecular complexity index is 683. The average Bonchev–Trinajstić information content (AvgIpc) is 2.64. The molecule has 0 amide bonds. The SMILES string of the molecule is CCCCC(CCC)CCc1ccc(-c2ccc(OC(F)F)cc2)c(F)c1. The summed E-state index contributed by atoms with van der Waals surface area (Å²) >= 11 is 0. The molecule has 0 heterocycles. The largest absolute Gasteiger partial charge is 0.435 e. The predicted molar refractivity (Wildman–Crippen MR) is 105 cm³/mol. The molecule has 0 bridgehead atoms. The maximum atomic E-state index is 14.6. The van der Waals surface area contributed by atoms with Gasteiger partial charge in [0.15, 0.2) is 0 Å². The number of unbranched alkanes of at least 4 members (excludes halogenated alkanes) is 1. The van der Waals surface area contributed by atoms with Crippen LogP contribution in [0.3, 0.4) is 0 Å². The van der Waals surface area contributed by atoms with Gasteiger partial charge in [-0.3, -0.25) is 0 Å². The summed E-state index contributed by atoms with van der Waals surface area (Å²) in [4.78, 5) is 0. The molecular formula is C23H29F3O. The number of halogens is 3. The lowest BCUT2D eigenvalue weighted by molar-refractivity contribution is -0.0498. The molecule has 2 aromatic carbocycles. The van der Waals surface area contributed by atoms with Crippen LogP contribution in [0.5, 0.6) is 5.75 Å². The second kappa shape index (κ2) is 11.0. The molecule has 27 heavy (non-hydrogen) atoms. The first-order valence-electron chi connectivity index (χ1n) is 9.87. The topological polar surface area (TPSA) is 9.23 Å². The number of alkyl halides is 2. The van der Waals surface area contributed by atoms with Crippen LogP contribution >= 0.6 is 0 Å². The van der Waals surface area contributed by atoms with E-state index in [1.807, 2.05) is 6.07 Å². The molecule has 0 fully saturated rings. The zero-order valence-electron chi connectivity index (χ0n) is 16.2. The van der Waals surface area contributed by atoms with Gasteiger partial charge in [0.25, 0.3) is 0 Å². The summed E-state index contributed by atoms with van der Waals surface area (Å²) in [6.45, 7) is 1.56. The van der Waals surface area contributed by atoms with Crippen molar-refractivity contribution in [2.75, 3.05) is 0 Å². The minimum Gasteiger partial charge on any atom is -0.435 e. The van der Waals surface area contributed by atoms with E-state index < -0.39 is 6.61 Å². The lowest BCUT2D eigenvalue weighted by Crippen LogP contribution is -2.03. The summed E-state index contributed by atoms with van der Waals surface area (Å²) in [5.41, 5.74) is 2.12. The van der Waals surface area contributed by atoms with E-state index in [9.17, 15) is 13.2 Å². The van der Waals surface area contributed by atoms with Crippen LogP contribution < -0.4 is 4.74 Å². The Labute approximate surface area is 160 Å². The molecule has 2 aromatic rings.